The van der Waals surface area contributed by atoms with Crippen LogP contribution in [0.4, 0.5) is 0 Å². The molecule has 1 N–H and O–H groups in total. The molecule has 1 aromatic rings. The molecule has 4 heteroatoms. The van der Waals surface area contributed by atoms with Crippen LogP contribution in [0.1, 0.15) is 24.0 Å². The Morgan fingerprint density at radius 1 is 1.07 bits per heavy atom. The molecule has 84 valence electrons. The summed E-state index contributed by atoms with van der Waals surface area (Å²) in [5.41, 5.74) is 2.66. The van der Waals surface area contributed by atoms with Crippen molar-refractivity contribution in [2.75, 3.05) is 0 Å². The van der Waals surface area contributed by atoms with Crippen LogP contribution in [0.5, 0.6) is 0 Å². The van der Waals surface area contributed by atoms with E-state index >= 15 is 0 Å². The number of benzene rings is 1. The van der Waals surface area contributed by atoms with Gasteiger partial charge in [-0.2, -0.15) is 0 Å². The van der Waals surface area contributed by atoms with Gasteiger partial charge in [0.25, 0.3) is 0 Å². The van der Waals surface area contributed by atoms with E-state index in [4.69, 9.17) is 0 Å². The minimum atomic E-state index is -2.33. The summed E-state index contributed by atoms with van der Waals surface area (Å²) in [4.78, 5) is 0. The van der Waals surface area contributed by atoms with Crippen molar-refractivity contribution in [1.82, 2.24) is 4.72 Å². The summed E-state index contributed by atoms with van der Waals surface area (Å²) >= 11 is 0. The first-order chi connectivity index (χ1) is 7.08. The third-order valence-corrected chi connectivity index (χ3v) is 2.66. The molecule has 0 heterocycles. The fourth-order valence-electron chi connectivity index (χ4n) is 0.998. The molecule has 0 atom stereocenters. The monoisotopic (exact) mass is 227 g/mol. The first-order valence-electron chi connectivity index (χ1n) is 5.02. The van der Waals surface area contributed by atoms with Gasteiger partial charge in [0.2, 0.25) is 10.9 Å². The molecule has 0 spiro atoms. The van der Waals surface area contributed by atoms with Crippen LogP contribution in [0.15, 0.2) is 24.3 Å². The lowest BCUT2D eigenvalue weighted by Crippen LogP contribution is -2.12. The van der Waals surface area contributed by atoms with Gasteiger partial charge in [-0.3, -0.25) is 0 Å². The van der Waals surface area contributed by atoms with Crippen molar-refractivity contribution in [3.05, 3.63) is 35.4 Å². The highest BCUT2D eigenvalue weighted by Crippen LogP contribution is 2.17. The van der Waals surface area contributed by atoms with Gasteiger partial charge < -0.3 is 0 Å². The van der Waals surface area contributed by atoms with Crippen LogP contribution in [0, 0.1) is 13.8 Å². The molecule has 2 rings (SSSR count). The smallest absolute Gasteiger partial charge is 0.201 e. The summed E-state index contributed by atoms with van der Waals surface area (Å²) in [6.07, 6.45) is 2.03. The molecule has 0 unspecified atom stereocenters. The van der Waals surface area contributed by atoms with E-state index in [2.05, 4.69) is 42.8 Å². The number of hydrogen-bond donors (Lipinski definition) is 2. The third-order valence-electron chi connectivity index (χ3n) is 2.08. The van der Waals surface area contributed by atoms with Gasteiger partial charge in [0.05, 0.1) is 0 Å². The van der Waals surface area contributed by atoms with Crippen molar-refractivity contribution in [2.24, 2.45) is 0 Å². The van der Waals surface area contributed by atoms with Gasteiger partial charge >= 0.3 is 0 Å². The highest BCUT2D eigenvalue weighted by molar-refractivity contribution is 7.70. The number of nitrogens with one attached hydrogen (secondary N) is 1. The van der Waals surface area contributed by atoms with Crippen LogP contribution in [-0.4, -0.2) is 14.5 Å². The molecular weight excluding hydrogens is 210 g/mol. The maximum absolute atomic E-state index is 9.78. The van der Waals surface area contributed by atoms with E-state index in [0.29, 0.717) is 0 Å². The quantitative estimate of drug-likeness (QED) is 0.753. The van der Waals surface area contributed by atoms with E-state index in [9.17, 15) is 8.42 Å². The second-order valence-electron chi connectivity index (χ2n) is 3.82. The van der Waals surface area contributed by atoms with Gasteiger partial charge in [0.15, 0.2) is 0 Å². The second-order valence-corrected chi connectivity index (χ2v) is 4.59. The van der Waals surface area contributed by atoms with E-state index < -0.39 is 10.9 Å². The molecule has 0 aromatic heterocycles. The van der Waals surface area contributed by atoms with Crippen LogP contribution in [0.3, 0.4) is 0 Å². The average Bonchev–Trinajstić information content (AvgIpc) is 2.94. The number of aryl methyl sites for hydroxylation is 2. The van der Waals surface area contributed by atoms with Crippen molar-refractivity contribution in [3.8, 4) is 0 Å². The van der Waals surface area contributed by atoms with Crippen LogP contribution >= 0.6 is 0 Å². The van der Waals surface area contributed by atoms with Crippen molar-refractivity contribution >= 4 is 10.9 Å². The van der Waals surface area contributed by atoms with Gasteiger partial charge in [-0.1, -0.05) is 35.4 Å². The zero-order chi connectivity index (χ0) is 11.3. The lowest BCUT2D eigenvalue weighted by Gasteiger charge is -1.90. The Balaban J connectivity index is 0.000000151. The molecule has 0 bridgehead atoms. The molecule has 1 fully saturated rings. The predicted molar refractivity (Wildman–Crippen MR) is 62.4 cm³/mol. The molecule has 1 aromatic carbocycles. The Labute approximate surface area is 92.6 Å². The molecule has 0 amide bonds. The molecule has 1 aliphatic carbocycles. The SMILES string of the molecule is Cc1ccc(C)cc1.O=[SH](=O)NC1CC1. The van der Waals surface area contributed by atoms with Crippen molar-refractivity contribution < 1.29 is 8.42 Å². The zero-order valence-electron chi connectivity index (χ0n) is 9.06. The lowest BCUT2D eigenvalue weighted by molar-refractivity contribution is 0.601. The third kappa shape index (κ3) is 6.25. The summed E-state index contributed by atoms with van der Waals surface area (Å²) in [5, 5.41) is 0. The number of thiol groups is 1. The van der Waals surface area contributed by atoms with Crippen molar-refractivity contribution in [3.63, 3.8) is 0 Å². The fourth-order valence-corrected chi connectivity index (χ4v) is 1.55. The summed E-state index contributed by atoms with van der Waals surface area (Å²) in [6.45, 7) is 4.19. The van der Waals surface area contributed by atoms with Crippen molar-refractivity contribution in [1.29, 1.82) is 0 Å². The van der Waals surface area contributed by atoms with Gasteiger partial charge in [0, 0.05) is 6.04 Å². The van der Waals surface area contributed by atoms with E-state index in [1.807, 2.05) is 0 Å². The Morgan fingerprint density at radius 3 is 1.67 bits per heavy atom. The maximum atomic E-state index is 9.78. The van der Waals surface area contributed by atoms with Crippen molar-refractivity contribution in [2.45, 2.75) is 32.7 Å². The lowest BCUT2D eigenvalue weighted by atomic mass is 10.2. The number of hydrogen-bond acceptors (Lipinski definition) is 2. The maximum Gasteiger partial charge on any atom is 0.201 e. The summed E-state index contributed by atoms with van der Waals surface area (Å²) < 4.78 is 21.9. The van der Waals surface area contributed by atoms with E-state index in [1.165, 1.54) is 11.1 Å². The fraction of sp³-hybridized carbons (Fsp3) is 0.455. The van der Waals surface area contributed by atoms with Gasteiger partial charge in [-0.15, -0.1) is 0 Å². The van der Waals surface area contributed by atoms with E-state index in [1.54, 1.807) is 0 Å². The zero-order valence-corrected chi connectivity index (χ0v) is 9.96. The predicted octanol–water partition coefficient (Wildman–Crippen LogP) is 1.57. The van der Waals surface area contributed by atoms with Gasteiger partial charge in [0.1, 0.15) is 0 Å². The Kier molecular flexibility index (Phi) is 4.78. The topological polar surface area (TPSA) is 46.2 Å². The minimum Gasteiger partial charge on any atom is -0.216 e. The Morgan fingerprint density at radius 2 is 1.47 bits per heavy atom. The largest absolute Gasteiger partial charge is 0.216 e. The average molecular weight is 227 g/mol. The molecule has 0 radical (unpaired) electrons. The van der Waals surface area contributed by atoms with Crippen LogP contribution in [0.25, 0.3) is 0 Å². The van der Waals surface area contributed by atoms with E-state index in [-0.39, 0.29) is 6.04 Å². The minimum absolute atomic E-state index is 0.279. The van der Waals surface area contributed by atoms with Crippen LogP contribution in [0.2, 0.25) is 0 Å². The van der Waals surface area contributed by atoms with E-state index in [0.717, 1.165) is 12.8 Å². The van der Waals surface area contributed by atoms with Crippen LogP contribution < -0.4 is 4.72 Å². The summed E-state index contributed by atoms with van der Waals surface area (Å²) in [7, 11) is -2.33. The second kappa shape index (κ2) is 5.88. The van der Waals surface area contributed by atoms with Gasteiger partial charge in [-0.05, 0) is 26.7 Å². The highest BCUT2D eigenvalue weighted by Gasteiger charge is 2.20. The molecule has 1 saturated carbocycles. The molecule has 0 saturated heterocycles. The normalized spacial score (nSPS) is 14.6. The molecule has 0 aliphatic heterocycles. The Hall–Kier alpha value is -0.870. The number of rotatable bonds is 2. The standard InChI is InChI=1S/C8H10.C3H7NO2S/c1-7-3-5-8(2)6-4-7;5-7(6)4-3-1-2-3/h3-6H,1-2H3;3,7H,1-2H2,(H,4,5,6). The van der Waals surface area contributed by atoms with Gasteiger partial charge in [-0.25, -0.2) is 13.1 Å². The first-order valence-corrected chi connectivity index (χ1v) is 6.19. The molecule has 1 aliphatic rings. The molecule has 15 heavy (non-hydrogen) atoms. The molecular formula is C11H17NO2S. The summed E-state index contributed by atoms with van der Waals surface area (Å²) in [5.74, 6) is 0. The van der Waals surface area contributed by atoms with Crippen LogP contribution in [-0.2, 0) is 10.9 Å². The highest BCUT2D eigenvalue weighted by atomic mass is 32.2. The molecule has 3 nitrogen and oxygen atoms in total. The summed E-state index contributed by atoms with van der Waals surface area (Å²) in [6, 6.07) is 8.76. The first kappa shape index (κ1) is 12.2. The Bertz CT molecular complexity index is 338.